The van der Waals surface area contributed by atoms with Gasteiger partial charge in [0.25, 0.3) is 0 Å². The van der Waals surface area contributed by atoms with E-state index in [4.69, 9.17) is 0 Å². The zero-order chi connectivity index (χ0) is 14.6. The van der Waals surface area contributed by atoms with Gasteiger partial charge >= 0.3 is 0 Å². The minimum Gasteiger partial charge on any atom is -0.381 e. The Balaban J connectivity index is 2.04. The number of aromatic amines is 1. The zero-order valence-electron chi connectivity index (χ0n) is 11.5. The number of rotatable bonds is 6. The van der Waals surface area contributed by atoms with Crippen molar-refractivity contribution in [3.8, 4) is 0 Å². The molecule has 20 heavy (non-hydrogen) atoms. The predicted molar refractivity (Wildman–Crippen MR) is 78.0 cm³/mol. The van der Waals surface area contributed by atoms with E-state index in [1.807, 2.05) is 6.92 Å². The van der Waals surface area contributed by atoms with Gasteiger partial charge in [-0.3, -0.25) is 5.10 Å². The van der Waals surface area contributed by atoms with Crippen molar-refractivity contribution < 1.29 is 8.42 Å². The highest BCUT2D eigenvalue weighted by atomic mass is 32.2. The first kappa shape index (κ1) is 14.5. The van der Waals surface area contributed by atoms with Crippen LogP contribution < -0.4 is 10.0 Å². The Morgan fingerprint density at radius 2 is 1.95 bits per heavy atom. The molecule has 2 aromatic rings. The quantitative estimate of drug-likeness (QED) is 0.755. The van der Waals surface area contributed by atoms with Gasteiger partial charge in [-0.2, -0.15) is 5.10 Å². The van der Waals surface area contributed by atoms with E-state index in [1.54, 1.807) is 37.4 Å². The first-order valence-electron chi connectivity index (χ1n) is 6.35. The molecule has 1 aromatic carbocycles. The van der Waals surface area contributed by atoms with E-state index in [2.05, 4.69) is 20.2 Å². The Morgan fingerprint density at radius 1 is 1.25 bits per heavy atom. The number of anilines is 1. The van der Waals surface area contributed by atoms with Crippen molar-refractivity contribution in [3.05, 3.63) is 41.7 Å². The van der Waals surface area contributed by atoms with E-state index in [9.17, 15) is 8.42 Å². The molecule has 3 N–H and O–H groups in total. The summed E-state index contributed by atoms with van der Waals surface area (Å²) in [5.74, 6) is 0. The van der Waals surface area contributed by atoms with Crippen LogP contribution in [0.1, 0.15) is 18.2 Å². The summed E-state index contributed by atoms with van der Waals surface area (Å²) in [7, 11) is -3.38. The van der Waals surface area contributed by atoms with Gasteiger partial charge < -0.3 is 5.32 Å². The highest BCUT2D eigenvalue weighted by Crippen LogP contribution is 2.15. The number of aryl methyl sites for hydroxylation is 1. The van der Waals surface area contributed by atoms with Crippen LogP contribution in [-0.4, -0.2) is 25.2 Å². The normalized spacial score (nSPS) is 11.5. The van der Waals surface area contributed by atoms with Crippen LogP contribution in [0.15, 0.2) is 35.4 Å². The number of sulfonamides is 1. The van der Waals surface area contributed by atoms with E-state index < -0.39 is 10.0 Å². The Kier molecular flexibility index (Phi) is 4.41. The summed E-state index contributed by atoms with van der Waals surface area (Å²) >= 11 is 0. The highest BCUT2D eigenvalue weighted by molar-refractivity contribution is 7.89. The van der Waals surface area contributed by atoms with Gasteiger partial charge in [-0.05, 0) is 31.2 Å². The second-order valence-electron chi connectivity index (χ2n) is 4.40. The summed E-state index contributed by atoms with van der Waals surface area (Å²) in [6.07, 6.45) is 1.77. The van der Waals surface area contributed by atoms with Gasteiger partial charge in [-0.25, -0.2) is 13.1 Å². The molecule has 0 aliphatic carbocycles. The van der Waals surface area contributed by atoms with Crippen molar-refractivity contribution in [1.82, 2.24) is 14.9 Å². The summed E-state index contributed by atoms with van der Waals surface area (Å²) < 4.78 is 26.0. The fourth-order valence-corrected chi connectivity index (χ4v) is 2.82. The maximum Gasteiger partial charge on any atom is 0.240 e. The number of nitrogens with zero attached hydrogens (tertiary/aromatic N) is 1. The second kappa shape index (κ2) is 6.06. The monoisotopic (exact) mass is 294 g/mol. The van der Waals surface area contributed by atoms with Gasteiger partial charge in [-0.15, -0.1) is 0 Å². The maximum absolute atomic E-state index is 11.8. The zero-order valence-corrected chi connectivity index (χ0v) is 12.3. The Hall–Kier alpha value is -1.86. The van der Waals surface area contributed by atoms with Crippen LogP contribution in [0, 0.1) is 6.92 Å². The minimum atomic E-state index is -3.38. The van der Waals surface area contributed by atoms with Crippen LogP contribution in [0.2, 0.25) is 0 Å². The van der Waals surface area contributed by atoms with Crippen LogP contribution in [0.25, 0.3) is 0 Å². The average Bonchev–Trinajstić information content (AvgIpc) is 2.82. The van der Waals surface area contributed by atoms with E-state index in [0.29, 0.717) is 13.1 Å². The molecule has 7 heteroatoms. The smallest absolute Gasteiger partial charge is 0.240 e. The van der Waals surface area contributed by atoms with Gasteiger partial charge in [0.05, 0.1) is 11.1 Å². The Labute approximate surface area is 118 Å². The van der Waals surface area contributed by atoms with Crippen LogP contribution in [-0.2, 0) is 16.6 Å². The van der Waals surface area contributed by atoms with E-state index in [1.165, 1.54) is 0 Å². The summed E-state index contributed by atoms with van der Waals surface area (Å²) in [4.78, 5) is 0.268. The number of nitrogens with one attached hydrogen (secondary N) is 3. The summed E-state index contributed by atoms with van der Waals surface area (Å²) in [6, 6.07) is 6.67. The number of hydrogen-bond acceptors (Lipinski definition) is 4. The molecule has 0 saturated heterocycles. The molecule has 0 amide bonds. The first-order valence-corrected chi connectivity index (χ1v) is 7.83. The van der Waals surface area contributed by atoms with Gasteiger partial charge in [0.1, 0.15) is 0 Å². The summed E-state index contributed by atoms with van der Waals surface area (Å²) in [6.45, 7) is 4.72. The molecule has 0 aliphatic heterocycles. The summed E-state index contributed by atoms with van der Waals surface area (Å²) in [5, 5.41) is 10.0. The third-order valence-electron chi connectivity index (χ3n) is 2.92. The third kappa shape index (κ3) is 3.37. The number of hydrogen-bond donors (Lipinski definition) is 3. The average molecular weight is 294 g/mol. The van der Waals surface area contributed by atoms with E-state index in [0.717, 1.165) is 16.9 Å². The molecule has 0 spiro atoms. The van der Waals surface area contributed by atoms with Gasteiger partial charge in [0.15, 0.2) is 0 Å². The SMILES string of the molecule is CCNS(=O)(=O)c1ccc(NCc2cn[nH]c2C)cc1. The predicted octanol–water partition coefficient (Wildman–Crippen LogP) is 1.63. The molecule has 0 atom stereocenters. The third-order valence-corrected chi connectivity index (χ3v) is 4.48. The Bertz CT molecular complexity index is 662. The molecule has 2 rings (SSSR count). The van der Waals surface area contributed by atoms with Crippen molar-refractivity contribution in [2.45, 2.75) is 25.3 Å². The van der Waals surface area contributed by atoms with Gasteiger partial charge in [0, 0.05) is 30.0 Å². The number of H-pyrrole nitrogens is 1. The molecule has 1 heterocycles. The van der Waals surface area contributed by atoms with E-state index in [-0.39, 0.29) is 4.90 Å². The largest absolute Gasteiger partial charge is 0.381 e. The van der Waals surface area contributed by atoms with Crippen LogP contribution in [0.3, 0.4) is 0 Å². The molecule has 0 radical (unpaired) electrons. The van der Waals surface area contributed by atoms with Crippen LogP contribution >= 0.6 is 0 Å². The lowest BCUT2D eigenvalue weighted by molar-refractivity contribution is 0.584. The van der Waals surface area contributed by atoms with Crippen molar-refractivity contribution >= 4 is 15.7 Å². The second-order valence-corrected chi connectivity index (χ2v) is 6.17. The molecule has 6 nitrogen and oxygen atoms in total. The lowest BCUT2D eigenvalue weighted by Crippen LogP contribution is -2.23. The lowest BCUT2D eigenvalue weighted by atomic mass is 10.2. The summed E-state index contributed by atoms with van der Waals surface area (Å²) in [5.41, 5.74) is 2.96. The fourth-order valence-electron chi connectivity index (χ4n) is 1.78. The number of benzene rings is 1. The molecule has 0 unspecified atom stereocenters. The topological polar surface area (TPSA) is 86.9 Å². The molecule has 0 aliphatic rings. The van der Waals surface area contributed by atoms with Gasteiger partial charge in [0.2, 0.25) is 10.0 Å². The highest BCUT2D eigenvalue weighted by Gasteiger charge is 2.11. The first-order chi connectivity index (χ1) is 9.53. The molecule has 0 fully saturated rings. The van der Waals surface area contributed by atoms with Gasteiger partial charge in [-0.1, -0.05) is 6.92 Å². The van der Waals surface area contributed by atoms with Crippen LogP contribution in [0.4, 0.5) is 5.69 Å². The molecular weight excluding hydrogens is 276 g/mol. The fraction of sp³-hybridized carbons (Fsp3) is 0.308. The Morgan fingerprint density at radius 3 is 2.50 bits per heavy atom. The minimum absolute atomic E-state index is 0.268. The van der Waals surface area contributed by atoms with Crippen molar-refractivity contribution in [1.29, 1.82) is 0 Å². The molecular formula is C13H18N4O2S. The molecule has 108 valence electrons. The van der Waals surface area contributed by atoms with Crippen molar-refractivity contribution in [3.63, 3.8) is 0 Å². The molecule has 0 bridgehead atoms. The number of aromatic nitrogens is 2. The molecule has 1 aromatic heterocycles. The molecule has 0 saturated carbocycles. The standard InChI is InChI=1S/C13H18N4O2S/c1-3-16-20(18,19)13-6-4-12(5-7-13)14-8-11-9-15-17-10(11)2/h4-7,9,14,16H,3,8H2,1-2H3,(H,15,17). The van der Waals surface area contributed by atoms with Crippen LogP contribution in [0.5, 0.6) is 0 Å². The van der Waals surface area contributed by atoms with Crippen molar-refractivity contribution in [2.24, 2.45) is 0 Å². The lowest BCUT2D eigenvalue weighted by Gasteiger charge is -2.08. The van der Waals surface area contributed by atoms with E-state index >= 15 is 0 Å². The maximum atomic E-state index is 11.8. The van der Waals surface area contributed by atoms with Crippen molar-refractivity contribution in [2.75, 3.05) is 11.9 Å².